The van der Waals surface area contributed by atoms with Gasteiger partial charge in [-0.25, -0.2) is 0 Å². The van der Waals surface area contributed by atoms with Gasteiger partial charge in [-0.05, 0) is 48.2 Å². The molecule has 6 nitrogen and oxygen atoms in total. The van der Waals surface area contributed by atoms with Gasteiger partial charge in [0, 0.05) is 35.5 Å². The average Bonchev–Trinajstić information content (AvgIpc) is 3.00. The summed E-state index contributed by atoms with van der Waals surface area (Å²) in [4.78, 5) is 27.4. The first-order valence-electron chi connectivity index (χ1n) is 8.27. The summed E-state index contributed by atoms with van der Waals surface area (Å²) >= 11 is 9.22. The molecule has 1 amide bonds. The molecule has 0 N–H and O–H groups in total. The average molecular weight is 434 g/mol. The van der Waals surface area contributed by atoms with E-state index in [1.807, 2.05) is 29.0 Å². The number of amides is 1. The highest BCUT2D eigenvalue weighted by Gasteiger charge is 2.08. The number of rotatable bonds is 6. The fraction of sp³-hybridized carbons (Fsp3) is 0.158. The highest BCUT2D eigenvalue weighted by Crippen LogP contribution is 2.22. The van der Waals surface area contributed by atoms with Crippen LogP contribution in [0.15, 0.2) is 53.5 Å². The number of carbonyl (C=O) groups excluding carboxylic acids is 1. The Labute approximate surface area is 174 Å². The van der Waals surface area contributed by atoms with Crippen molar-refractivity contribution < 1.29 is 9.72 Å². The number of nitrogens with zero attached hydrogens (tertiary/aromatic N) is 3. The van der Waals surface area contributed by atoms with Crippen LogP contribution in [0.4, 0.5) is 5.69 Å². The van der Waals surface area contributed by atoms with Gasteiger partial charge in [0.2, 0.25) is 0 Å². The number of hydrogen-bond donors (Lipinski definition) is 0. The molecular formula is C19H16ClN3O3S2. The summed E-state index contributed by atoms with van der Waals surface area (Å²) < 4.78 is 2.99. The number of thioether (sulfide) groups is 1. The van der Waals surface area contributed by atoms with Crippen molar-refractivity contribution in [3.63, 3.8) is 0 Å². The molecule has 2 aromatic carbocycles. The van der Waals surface area contributed by atoms with Gasteiger partial charge in [0.1, 0.15) is 0 Å². The predicted molar refractivity (Wildman–Crippen MR) is 116 cm³/mol. The van der Waals surface area contributed by atoms with Crippen LogP contribution in [0.1, 0.15) is 5.56 Å². The molecule has 9 heteroatoms. The summed E-state index contributed by atoms with van der Waals surface area (Å²) in [5.74, 6) is 0.503. The Kier molecular flexibility index (Phi) is 6.66. The maximum absolute atomic E-state index is 12.3. The second-order valence-corrected chi connectivity index (χ2v) is 8.20. The van der Waals surface area contributed by atoms with E-state index < -0.39 is 10.8 Å². The lowest BCUT2D eigenvalue weighted by Gasteiger charge is -2.03. The molecular weight excluding hydrogens is 418 g/mol. The standard InChI is InChI=1S/C19H16ClN3O3S2/c1-27-11-10-22-16-8-5-14(20)12-17(16)28-19(22)21-18(24)9-4-13-2-6-15(7-3-13)23(25)26/h2-9,12H,10-11H2,1H3/b9-4+,21-19?. The lowest BCUT2D eigenvalue weighted by molar-refractivity contribution is -0.384. The van der Waals surface area contributed by atoms with Crippen molar-refractivity contribution >= 4 is 62.6 Å². The largest absolute Gasteiger partial charge is 0.316 e. The number of benzene rings is 2. The molecule has 0 unspecified atom stereocenters. The quantitative estimate of drug-likeness (QED) is 0.318. The van der Waals surface area contributed by atoms with Gasteiger partial charge >= 0.3 is 0 Å². The van der Waals surface area contributed by atoms with Crippen molar-refractivity contribution in [2.24, 2.45) is 4.99 Å². The van der Waals surface area contributed by atoms with Crippen LogP contribution in [0.5, 0.6) is 0 Å². The molecule has 1 aromatic heterocycles. The van der Waals surface area contributed by atoms with Crippen LogP contribution in [-0.2, 0) is 11.3 Å². The normalized spacial score (nSPS) is 12.1. The number of hydrogen-bond acceptors (Lipinski definition) is 5. The third-order valence-corrected chi connectivity index (χ3v) is 5.76. The number of non-ortho nitro benzene ring substituents is 1. The van der Waals surface area contributed by atoms with Gasteiger partial charge in [-0.3, -0.25) is 14.9 Å². The summed E-state index contributed by atoms with van der Waals surface area (Å²) in [5.41, 5.74) is 1.69. The highest BCUT2D eigenvalue weighted by molar-refractivity contribution is 7.98. The number of thiazole rings is 1. The van der Waals surface area contributed by atoms with E-state index in [2.05, 4.69) is 4.99 Å². The summed E-state index contributed by atoms with van der Waals surface area (Å²) in [6.07, 6.45) is 4.98. The third kappa shape index (κ3) is 4.89. The SMILES string of the molecule is CSCCn1c(=NC(=O)/C=C/c2ccc([N+](=O)[O-])cc2)sc2cc(Cl)ccc21. The number of halogens is 1. The molecule has 0 aliphatic rings. The smallest absolute Gasteiger partial charge is 0.272 e. The van der Waals surface area contributed by atoms with Crippen LogP contribution < -0.4 is 4.80 Å². The molecule has 0 radical (unpaired) electrons. The van der Waals surface area contributed by atoms with Gasteiger partial charge < -0.3 is 4.57 Å². The Morgan fingerprint density at radius 2 is 2.07 bits per heavy atom. The Bertz CT molecular complexity index is 1120. The first kappa shape index (κ1) is 20.3. The molecule has 0 aliphatic heterocycles. The summed E-state index contributed by atoms with van der Waals surface area (Å²) in [5, 5.41) is 11.3. The molecule has 0 atom stereocenters. The minimum Gasteiger partial charge on any atom is -0.316 e. The number of aryl methyl sites for hydroxylation is 1. The molecule has 28 heavy (non-hydrogen) atoms. The minimum absolute atomic E-state index is 0.00642. The zero-order valence-electron chi connectivity index (χ0n) is 14.9. The summed E-state index contributed by atoms with van der Waals surface area (Å²) in [7, 11) is 0. The van der Waals surface area contributed by atoms with Gasteiger partial charge in [0.05, 0.1) is 15.1 Å². The maximum atomic E-state index is 12.3. The van der Waals surface area contributed by atoms with Crippen LogP contribution in [0.2, 0.25) is 5.02 Å². The van der Waals surface area contributed by atoms with Crippen molar-refractivity contribution in [1.82, 2.24) is 4.57 Å². The van der Waals surface area contributed by atoms with Crippen LogP contribution in [0.25, 0.3) is 16.3 Å². The fourth-order valence-corrected chi connectivity index (χ4v) is 4.24. The van der Waals surface area contributed by atoms with Crippen molar-refractivity contribution in [1.29, 1.82) is 0 Å². The van der Waals surface area contributed by atoms with Crippen LogP contribution in [-0.4, -0.2) is 27.4 Å². The maximum Gasteiger partial charge on any atom is 0.272 e. The van der Waals surface area contributed by atoms with Gasteiger partial charge in [-0.15, -0.1) is 0 Å². The van der Waals surface area contributed by atoms with E-state index in [0.29, 0.717) is 15.4 Å². The molecule has 0 saturated heterocycles. The van der Waals surface area contributed by atoms with Crippen molar-refractivity contribution in [2.45, 2.75) is 6.54 Å². The first-order valence-corrected chi connectivity index (χ1v) is 10.9. The molecule has 144 valence electrons. The van der Waals surface area contributed by atoms with E-state index >= 15 is 0 Å². The first-order chi connectivity index (χ1) is 13.5. The monoisotopic (exact) mass is 433 g/mol. The number of carbonyl (C=O) groups is 1. The van der Waals surface area contributed by atoms with Crippen molar-refractivity contribution in [2.75, 3.05) is 12.0 Å². The Hall–Kier alpha value is -2.42. The molecule has 3 aromatic rings. The fourth-order valence-electron chi connectivity index (χ4n) is 2.54. The van der Waals surface area contributed by atoms with Crippen LogP contribution in [0.3, 0.4) is 0 Å². The van der Waals surface area contributed by atoms with Gasteiger partial charge in [0.15, 0.2) is 4.80 Å². The van der Waals surface area contributed by atoms with E-state index in [9.17, 15) is 14.9 Å². The van der Waals surface area contributed by atoms with E-state index in [1.165, 1.54) is 29.5 Å². The summed E-state index contributed by atoms with van der Waals surface area (Å²) in [6.45, 7) is 0.737. The zero-order valence-corrected chi connectivity index (χ0v) is 17.3. The zero-order chi connectivity index (χ0) is 20.1. The van der Waals surface area contributed by atoms with Crippen molar-refractivity contribution in [3.05, 3.63) is 74.0 Å². The molecule has 0 saturated carbocycles. The van der Waals surface area contributed by atoms with E-state index in [4.69, 9.17) is 11.6 Å². The van der Waals surface area contributed by atoms with Gasteiger partial charge in [-0.2, -0.15) is 16.8 Å². The second-order valence-electron chi connectivity index (χ2n) is 5.77. The lowest BCUT2D eigenvalue weighted by atomic mass is 10.2. The van der Waals surface area contributed by atoms with Gasteiger partial charge in [-0.1, -0.05) is 22.9 Å². The van der Waals surface area contributed by atoms with E-state index in [0.717, 1.165) is 22.5 Å². The van der Waals surface area contributed by atoms with Crippen LogP contribution in [0, 0.1) is 10.1 Å². The highest BCUT2D eigenvalue weighted by atomic mass is 35.5. The molecule has 0 bridgehead atoms. The molecule has 0 aliphatic carbocycles. The number of nitro groups is 1. The third-order valence-electron chi connectivity index (χ3n) is 3.89. The van der Waals surface area contributed by atoms with E-state index in [-0.39, 0.29) is 5.69 Å². The van der Waals surface area contributed by atoms with Crippen molar-refractivity contribution in [3.8, 4) is 0 Å². The second kappa shape index (κ2) is 9.18. The van der Waals surface area contributed by atoms with Crippen LogP contribution >= 0.6 is 34.7 Å². The molecule has 1 heterocycles. The molecule has 3 rings (SSSR count). The topological polar surface area (TPSA) is 77.5 Å². The number of nitro benzene ring substituents is 1. The number of fused-ring (bicyclic) bond motifs is 1. The number of aromatic nitrogens is 1. The Balaban J connectivity index is 1.89. The summed E-state index contributed by atoms with van der Waals surface area (Å²) in [6, 6.07) is 11.6. The minimum atomic E-state index is -0.463. The Morgan fingerprint density at radius 3 is 2.75 bits per heavy atom. The van der Waals surface area contributed by atoms with Gasteiger partial charge in [0.25, 0.3) is 11.6 Å². The van der Waals surface area contributed by atoms with E-state index in [1.54, 1.807) is 30.0 Å². The lowest BCUT2D eigenvalue weighted by Crippen LogP contribution is -2.17. The Morgan fingerprint density at radius 1 is 1.32 bits per heavy atom. The predicted octanol–water partition coefficient (Wildman–Crippen LogP) is 4.77. The molecule has 0 spiro atoms. The molecule has 0 fully saturated rings.